The molecule has 0 spiro atoms. The number of thiocarbonyl (C=S) groups is 1. The van der Waals surface area contributed by atoms with Crippen LogP contribution in [0.2, 0.25) is 0 Å². The van der Waals surface area contributed by atoms with E-state index in [-0.39, 0.29) is 6.04 Å². The molecule has 1 unspecified atom stereocenters. The molecule has 66 valence electrons. The summed E-state index contributed by atoms with van der Waals surface area (Å²) in [5.41, 5.74) is 0. The van der Waals surface area contributed by atoms with Gasteiger partial charge in [-0.2, -0.15) is 0 Å². The first-order valence-corrected chi connectivity index (χ1v) is 4.19. The van der Waals surface area contributed by atoms with Crippen LogP contribution in [-0.4, -0.2) is 40.4 Å². The summed E-state index contributed by atoms with van der Waals surface area (Å²) in [6.07, 6.45) is 0.893. The minimum absolute atomic E-state index is 0.0207. The predicted molar refractivity (Wildman–Crippen MR) is 47.6 cm³/mol. The summed E-state index contributed by atoms with van der Waals surface area (Å²) in [5, 5.41) is 10.9. The van der Waals surface area contributed by atoms with Gasteiger partial charge in [0.25, 0.3) is 0 Å². The Morgan fingerprint density at radius 3 is 3.08 bits per heavy atom. The number of isothiocyanates is 1. The van der Waals surface area contributed by atoms with E-state index >= 15 is 0 Å². The van der Waals surface area contributed by atoms with Gasteiger partial charge in [0.15, 0.2) is 0 Å². The Bertz CT molecular complexity index is 217. The average molecular weight is 186 g/mol. The van der Waals surface area contributed by atoms with E-state index in [1.54, 1.807) is 0 Å². The molecule has 1 amide bonds. The topological polar surface area (TPSA) is 52.9 Å². The van der Waals surface area contributed by atoms with Gasteiger partial charge in [0.2, 0.25) is 0 Å². The molecule has 1 rings (SSSR count). The molecule has 1 aliphatic rings. The zero-order chi connectivity index (χ0) is 8.97. The van der Waals surface area contributed by atoms with Crippen molar-refractivity contribution >= 4 is 23.5 Å². The van der Waals surface area contributed by atoms with Crippen molar-refractivity contribution < 1.29 is 9.90 Å². The van der Waals surface area contributed by atoms with E-state index in [2.05, 4.69) is 22.4 Å². The van der Waals surface area contributed by atoms with E-state index in [1.807, 2.05) is 0 Å². The van der Waals surface area contributed by atoms with Gasteiger partial charge in [-0.25, -0.2) is 9.79 Å². The SMILES string of the molecule is O=C(O)N1CCCC(N=C=S)C1. The van der Waals surface area contributed by atoms with Gasteiger partial charge in [-0.15, -0.1) is 0 Å². The fourth-order valence-electron chi connectivity index (χ4n) is 1.31. The number of nitrogens with zero attached hydrogens (tertiary/aromatic N) is 2. The van der Waals surface area contributed by atoms with E-state index in [0.29, 0.717) is 13.1 Å². The minimum atomic E-state index is -0.876. The fraction of sp³-hybridized carbons (Fsp3) is 0.714. The number of rotatable bonds is 1. The standard InChI is InChI=1S/C7H10N2O2S/c10-7(11)9-3-1-2-6(4-9)8-5-12/h6H,1-4H2,(H,10,11). The van der Waals surface area contributed by atoms with Crippen LogP contribution in [-0.2, 0) is 0 Å². The third kappa shape index (κ3) is 2.29. The molecule has 0 bridgehead atoms. The lowest BCUT2D eigenvalue weighted by molar-refractivity contribution is 0.131. The summed E-state index contributed by atoms with van der Waals surface area (Å²) in [7, 11) is 0. The number of likely N-dealkylation sites (tertiary alicyclic amines) is 1. The van der Waals surface area contributed by atoms with Gasteiger partial charge >= 0.3 is 6.09 Å². The van der Waals surface area contributed by atoms with Gasteiger partial charge in [0.05, 0.1) is 11.2 Å². The Morgan fingerprint density at radius 1 is 1.75 bits per heavy atom. The molecule has 0 aromatic carbocycles. The number of amides is 1. The van der Waals surface area contributed by atoms with Crippen molar-refractivity contribution in [3.05, 3.63) is 0 Å². The van der Waals surface area contributed by atoms with Crippen LogP contribution in [0.5, 0.6) is 0 Å². The maximum atomic E-state index is 10.5. The van der Waals surface area contributed by atoms with Crippen LogP contribution in [0.4, 0.5) is 4.79 Å². The van der Waals surface area contributed by atoms with Crippen LogP contribution in [0.25, 0.3) is 0 Å². The van der Waals surface area contributed by atoms with Crippen LogP contribution >= 0.6 is 12.2 Å². The van der Waals surface area contributed by atoms with E-state index in [9.17, 15) is 4.79 Å². The Hall–Kier alpha value is -0.930. The first kappa shape index (κ1) is 9.16. The zero-order valence-corrected chi connectivity index (χ0v) is 7.38. The molecule has 0 aromatic heterocycles. The highest BCUT2D eigenvalue weighted by atomic mass is 32.1. The van der Waals surface area contributed by atoms with Crippen LogP contribution in [0.1, 0.15) is 12.8 Å². The van der Waals surface area contributed by atoms with Gasteiger partial charge in [-0.1, -0.05) is 0 Å². The van der Waals surface area contributed by atoms with Gasteiger partial charge < -0.3 is 10.0 Å². The molecule has 1 atom stereocenters. The Kier molecular flexibility index (Phi) is 3.19. The molecule has 1 saturated heterocycles. The first-order valence-electron chi connectivity index (χ1n) is 3.79. The van der Waals surface area contributed by atoms with E-state index in [0.717, 1.165) is 12.8 Å². The Balaban J connectivity index is 2.51. The number of aliphatic imine (C=N–C) groups is 1. The molecule has 1 aliphatic heterocycles. The first-order chi connectivity index (χ1) is 5.74. The smallest absolute Gasteiger partial charge is 0.407 e. The molecule has 4 nitrogen and oxygen atoms in total. The van der Waals surface area contributed by atoms with Crippen molar-refractivity contribution in [2.45, 2.75) is 18.9 Å². The summed E-state index contributed by atoms with van der Waals surface area (Å²) in [6.45, 7) is 1.07. The van der Waals surface area contributed by atoms with Crippen molar-refractivity contribution in [1.29, 1.82) is 0 Å². The number of hydrogen-bond acceptors (Lipinski definition) is 3. The van der Waals surface area contributed by atoms with Gasteiger partial charge in [-0.3, -0.25) is 0 Å². The Labute approximate surface area is 75.9 Å². The lowest BCUT2D eigenvalue weighted by atomic mass is 10.1. The number of piperidine rings is 1. The molecule has 0 saturated carbocycles. The second kappa shape index (κ2) is 4.18. The normalized spacial score (nSPS) is 23.0. The number of hydrogen-bond donors (Lipinski definition) is 1. The highest BCUT2D eigenvalue weighted by molar-refractivity contribution is 7.78. The molecule has 5 heteroatoms. The van der Waals surface area contributed by atoms with E-state index in [1.165, 1.54) is 4.90 Å². The molecule has 12 heavy (non-hydrogen) atoms. The predicted octanol–water partition coefficient (Wildman–Crippen LogP) is 1.23. The second-order valence-electron chi connectivity index (χ2n) is 2.75. The largest absolute Gasteiger partial charge is 0.465 e. The maximum absolute atomic E-state index is 10.5. The molecule has 1 heterocycles. The quantitative estimate of drug-likeness (QED) is 0.495. The van der Waals surface area contributed by atoms with E-state index in [4.69, 9.17) is 5.11 Å². The van der Waals surface area contributed by atoms with Crippen molar-refractivity contribution in [2.24, 2.45) is 4.99 Å². The second-order valence-corrected chi connectivity index (χ2v) is 2.93. The average Bonchev–Trinajstić information content (AvgIpc) is 2.05. The summed E-state index contributed by atoms with van der Waals surface area (Å²) in [5.74, 6) is 0. The highest BCUT2D eigenvalue weighted by Crippen LogP contribution is 2.12. The monoisotopic (exact) mass is 186 g/mol. The lowest BCUT2D eigenvalue weighted by Crippen LogP contribution is -2.40. The number of carboxylic acid groups (broad SMARTS) is 1. The molecule has 0 aliphatic carbocycles. The lowest BCUT2D eigenvalue weighted by Gasteiger charge is -2.27. The van der Waals surface area contributed by atoms with Crippen molar-refractivity contribution in [3.8, 4) is 0 Å². The minimum Gasteiger partial charge on any atom is -0.465 e. The molecule has 0 radical (unpaired) electrons. The Morgan fingerprint density at radius 2 is 2.50 bits per heavy atom. The summed E-state index contributed by atoms with van der Waals surface area (Å²) >= 11 is 4.45. The van der Waals surface area contributed by atoms with Gasteiger partial charge in [0.1, 0.15) is 0 Å². The molecular formula is C7H10N2O2S. The molecule has 1 N–H and O–H groups in total. The van der Waals surface area contributed by atoms with E-state index < -0.39 is 6.09 Å². The molecular weight excluding hydrogens is 176 g/mol. The fourth-order valence-corrected chi connectivity index (χ4v) is 1.46. The van der Waals surface area contributed by atoms with Gasteiger partial charge in [0, 0.05) is 13.1 Å². The zero-order valence-electron chi connectivity index (χ0n) is 6.56. The third-order valence-electron chi connectivity index (χ3n) is 1.90. The van der Waals surface area contributed by atoms with Crippen LogP contribution in [0, 0.1) is 0 Å². The van der Waals surface area contributed by atoms with Crippen LogP contribution in [0.3, 0.4) is 0 Å². The maximum Gasteiger partial charge on any atom is 0.407 e. The van der Waals surface area contributed by atoms with Crippen molar-refractivity contribution in [3.63, 3.8) is 0 Å². The van der Waals surface area contributed by atoms with Crippen LogP contribution in [0.15, 0.2) is 4.99 Å². The summed E-state index contributed by atoms with van der Waals surface area (Å²) < 4.78 is 0. The molecule has 1 fully saturated rings. The van der Waals surface area contributed by atoms with Gasteiger partial charge in [-0.05, 0) is 25.1 Å². The third-order valence-corrected chi connectivity index (χ3v) is 2.01. The summed E-state index contributed by atoms with van der Waals surface area (Å²) in [4.78, 5) is 15.8. The van der Waals surface area contributed by atoms with Crippen molar-refractivity contribution in [2.75, 3.05) is 13.1 Å². The van der Waals surface area contributed by atoms with Crippen LogP contribution < -0.4 is 0 Å². The summed E-state index contributed by atoms with van der Waals surface area (Å²) in [6, 6.07) is 0.0207. The molecule has 0 aromatic rings. The van der Waals surface area contributed by atoms with Crippen molar-refractivity contribution in [1.82, 2.24) is 4.90 Å². The number of carbonyl (C=O) groups is 1. The highest BCUT2D eigenvalue weighted by Gasteiger charge is 2.21.